The van der Waals surface area contributed by atoms with Crippen LogP contribution in [0.15, 0.2) is 5.10 Å². The predicted octanol–water partition coefficient (Wildman–Crippen LogP) is 1.21. The second-order valence-corrected chi connectivity index (χ2v) is 6.33. The van der Waals surface area contributed by atoms with Gasteiger partial charge in [0, 0.05) is 32.2 Å². The Morgan fingerprint density at radius 2 is 2.23 bits per heavy atom. The van der Waals surface area contributed by atoms with Crippen LogP contribution in [-0.4, -0.2) is 66.5 Å². The van der Waals surface area contributed by atoms with Gasteiger partial charge in [0.2, 0.25) is 0 Å². The zero-order valence-corrected chi connectivity index (χ0v) is 13.6. The molecule has 0 aromatic rings. The topological polar surface area (TPSA) is 80.4 Å². The van der Waals surface area contributed by atoms with Gasteiger partial charge in [0.15, 0.2) is 5.03 Å². The van der Waals surface area contributed by atoms with E-state index in [1.165, 1.54) is 0 Å². The summed E-state index contributed by atoms with van der Waals surface area (Å²) in [5, 5.41) is 13.8. The van der Waals surface area contributed by atoms with Crippen molar-refractivity contribution in [3.05, 3.63) is 10.1 Å². The Morgan fingerprint density at radius 3 is 2.82 bits per heavy atom. The molecule has 0 aromatic heterocycles. The first-order valence-electron chi connectivity index (χ1n) is 7.91. The molecule has 0 aromatic carbocycles. The van der Waals surface area contributed by atoms with E-state index in [9.17, 15) is 10.1 Å². The molecule has 0 bridgehead atoms. The molecule has 0 aliphatic carbocycles. The van der Waals surface area contributed by atoms with Gasteiger partial charge in [-0.05, 0) is 19.3 Å². The maximum Gasteiger partial charge on any atom is 0.276 e. The third-order valence-electron chi connectivity index (χ3n) is 3.93. The van der Waals surface area contributed by atoms with Crippen molar-refractivity contribution < 1.29 is 14.5 Å². The highest BCUT2D eigenvalue weighted by Gasteiger charge is 2.35. The lowest BCUT2D eigenvalue weighted by Crippen LogP contribution is -2.42. The Balaban J connectivity index is 2.01. The fourth-order valence-corrected chi connectivity index (χ4v) is 2.78. The highest BCUT2D eigenvalue weighted by molar-refractivity contribution is 5.81. The molecule has 2 rings (SSSR count). The molecule has 0 spiro atoms. The second kappa shape index (κ2) is 7.73. The fourth-order valence-electron chi connectivity index (χ4n) is 2.78. The van der Waals surface area contributed by atoms with Gasteiger partial charge in [-0.25, -0.2) is 10.1 Å². The summed E-state index contributed by atoms with van der Waals surface area (Å²) < 4.78 is 11.2. The van der Waals surface area contributed by atoms with Crippen LogP contribution in [-0.2, 0) is 9.47 Å². The number of rotatable bonds is 7. The first-order chi connectivity index (χ1) is 10.5. The zero-order valence-electron chi connectivity index (χ0n) is 13.6. The molecule has 0 amide bonds. The van der Waals surface area contributed by atoms with Crippen molar-refractivity contribution >= 4 is 5.96 Å². The lowest BCUT2D eigenvalue weighted by molar-refractivity contribution is -0.486. The molecular weight excluding hydrogens is 288 g/mol. The van der Waals surface area contributed by atoms with Crippen molar-refractivity contribution in [1.29, 1.82) is 0 Å². The van der Waals surface area contributed by atoms with E-state index in [1.807, 2.05) is 16.7 Å². The van der Waals surface area contributed by atoms with E-state index in [0.717, 1.165) is 32.7 Å². The van der Waals surface area contributed by atoms with Crippen LogP contribution in [0, 0.1) is 22.0 Å². The van der Waals surface area contributed by atoms with Gasteiger partial charge in [0.25, 0.3) is 5.96 Å². The zero-order chi connectivity index (χ0) is 16.1. The van der Waals surface area contributed by atoms with Gasteiger partial charge >= 0.3 is 0 Å². The van der Waals surface area contributed by atoms with Crippen LogP contribution in [0.3, 0.4) is 0 Å². The van der Waals surface area contributed by atoms with E-state index in [2.05, 4.69) is 18.9 Å². The number of hydrogen-bond acceptors (Lipinski definition) is 4. The largest absolute Gasteiger partial charge is 0.381 e. The SMILES string of the molecule is CC(C)COC(C)N1CCN(CC2CCOC2)C1=N[N+](=O)[O-]. The van der Waals surface area contributed by atoms with E-state index < -0.39 is 5.03 Å². The van der Waals surface area contributed by atoms with E-state index in [0.29, 0.717) is 30.9 Å². The van der Waals surface area contributed by atoms with Crippen LogP contribution in [0.1, 0.15) is 27.2 Å². The monoisotopic (exact) mass is 314 g/mol. The summed E-state index contributed by atoms with van der Waals surface area (Å²) in [7, 11) is 0. The first-order valence-corrected chi connectivity index (χ1v) is 7.91. The Bertz CT molecular complexity index is 410. The lowest BCUT2D eigenvalue weighted by Gasteiger charge is -2.27. The molecule has 2 aliphatic rings. The highest BCUT2D eigenvalue weighted by Crippen LogP contribution is 2.20. The molecule has 2 aliphatic heterocycles. The summed E-state index contributed by atoms with van der Waals surface area (Å²) in [5.41, 5.74) is 0. The summed E-state index contributed by atoms with van der Waals surface area (Å²) in [5.74, 6) is 1.25. The molecule has 2 fully saturated rings. The molecule has 22 heavy (non-hydrogen) atoms. The molecule has 0 radical (unpaired) electrons. The minimum Gasteiger partial charge on any atom is -0.381 e. The normalized spacial score (nSPS) is 25.5. The molecular formula is C14H26N4O4. The van der Waals surface area contributed by atoms with E-state index >= 15 is 0 Å². The quantitative estimate of drug-likeness (QED) is 0.519. The van der Waals surface area contributed by atoms with Crippen LogP contribution in [0.5, 0.6) is 0 Å². The van der Waals surface area contributed by atoms with Crippen LogP contribution in [0.2, 0.25) is 0 Å². The molecule has 0 N–H and O–H groups in total. The molecule has 0 saturated carbocycles. The summed E-state index contributed by atoms with van der Waals surface area (Å²) in [4.78, 5) is 14.7. The standard InChI is InChI=1S/C14H26N4O4/c1-11(2)9-22-12(3)17-6-5-16(14(17)15-18(19)20)8-13-4-7-21-10-13/h11-13H,4-10H2,1-3H3. The molecule has 8 heteroatoms. The van der Waals surface area contributed by atoms with Gasteiger partial charge in [-0.2, -0.15) is 0 Å². The molecule has 2 heterocycles. The summed E-state index contributed by atoms with van der Waals surface area (Å²) >= 11 is 0. The number of hydrazone groups is 1. The van der Waals surface area contributed by atoms with Crippen LogP contribution < -0.4 is 0 Å². The van der Waals surface area contributed by atoms with E-state index in [4.69, 9.17) is 9.47 Å². The van der Waals surface area contributed by atoms with Gasteiger partial charge in [-0.1, -0.05) is 13.8 Å². The minimum atomic E-state index is -0.624. The van der Waals surface area contributed by atoms with Crippen molar-refractivity contribution in [3.8, 4) is 0 Å². The van der Waals surface area contributed by atoms with Crippen LogP contribution >= 0.6 is 0 Å². The maximum atomic E-state index is 10.9. The molecule has 8 nitrogen and oxygen atoms in total. The summed E-state index contributed by atoms with van der Waals surface area (Å²) in [6.45, 7) is 10.4. The number of nitro groups is 1. The van der Waals surface area contributed by atoms with Gasteiger partial charge in [-0.15, -0.1) is 0 Å². The fraction of sp³-hybridized carbons (Fsp3) is 0.929. The number of hydrogen-bond donors (Lipinski definition) is 0. The Labute approximate surface area is 131 Å². The van der Waals surface area contributed by atoms with Gasteiger partial charge in [0.1, 0.15) is 11.3 Å². The van der Waals surface area contributed by atoms with Crippen molar-refractivity contribution in [2.45, 2.75) is 33.4 Å². The third kappa shape index (κ3) is 4.54. The van der Waals surface area contributed by atoms with E-state index in [-0.39, 0.29) is 6.23 Å². The summed E-state index contributed by atoms with van der Waals surface area (Å²) in [6, 6.07) is 0. The lowest BCUT2D eigenvalue weighted by atomic mass is 10.1. The van der Waals surface area contributed by atoms with Crippen molar-refractivity contribution in [2.75, 3.05) is 39.5 Å². The second-order valence-electron chi connectivity index (χ2n) is 6.33. The van der Waals surface area contributed by atoms with Crippen molar-refractivity contribution in [3.63, 3.8) is 0 Å². The van der Waals surface area contributed by atoms with Gasteiger partial charge in [-0.3, -0.25) is 0 Å². The third-order valence-corrected chi connectivity index (χ3v) is 3.93. The van der Waals surface area contributed by atoms with Crippen molar-refractivity contribution in [1.82, 2.24) is 9.80 Å². The first kappa shape index (κ1) is 17.0. The Hall–Kier alpha value is -1.41. The molecule has 2 atom stereocenters. The number of ether oxygens (including phenoxy) is 2. The average Bonchev–Trinajstić information content (AvgIpc) is 3.07. The summed E-state index contributed by atoms with van der Waals surface area (Å²) in [6.07, 6.45) is 0.785. The van der Waals surface area contributed by atoms with E-state index in [1.54, 1.807) is 0 Å². The van der Waals surface area contributed by atoms with Crippen molar-refractivity contribution in [2.24, 2.45) is 16.9 Å². The number of guanidine groups is 1. The highest BCUT2D eigenvalue weighted by atomic mass is 16.7. The maximum absolute atomic E-state index is 10.9. The molecule has 2 unspecified atom stereocenters. The molecule has 126 valence electrons. The van der Waals surface area contributed by atoms with Crippen LogP contribution in [0.4, 0.5) is 0 Å². The molecule has 2 saturated heterocycles. The van der Waals surface area contributed by atoms with Gasteiger partial charge < -0.3 is 19.3 Å². The minimum absolute atomic E-state index is 0.217. The smallest absolute Gasteiger partial charge is 0.276 e. The number of nitrogens with zero attached hydrogens (tertiary/aromatic N) is 4. The van der Waals surface area contributed by atoms with Crippen LogP contribution in [0.25, 0.3) is 0 Å². The predicted molar refractivity (Wildman–Crippen MR) is 81.9 cm³/mol. The Kier molecular flexibility index (Phi) is 5.96. The Morgan fingerprint density at radius 1 is 1.45 bits per heavy atom. The average molecular weight is 314 g/mol. The van der Waals surface area contributed by atoms with Gasteiger partial charge in [0.05, 0.1) is 13.2 Å².